The molecule has 0 aliphatic rings. The lowest BCUT2D eigenvalue weighted by molar-refractivity contribution is 0.103. The molecule has 0 aromatic carbocycles. The topological polar surface area (TPSA) is 84.1 Å². The van der Waals surface area contributed by atoms with Crippen LogP contribution in [0.4, 0.5) is 11.6 Å². The van der Waals surface area contributed by atoms with Gasteiger partial charge in [0.1, 0.15) is 17.3 Å². The van der Waals surface area contributed by atoms with Crippen molar-refractivity contribution in [3.05, 3.63) is 47.8 Å². The first-order chi connectivity index (χ1) is 13.5. The first-order valence-electron chi connectivity index (χ1n) is 10.2. The van der Waals surface area contributed by atoms with Crippen LogP contribution in [0, 0.1) is 5.92 Å². The molecule has 0 saturated heterocycles. The number of carbonyl (C=O) groups is 1. The molecule has 2 aromatic heterocycles. The van der Waals surface area contributed by atoms with E-state index in [1.165, 1.54) is 0 Å². The van der Waals surface area contributed by atoms with E-state index in [2.05, 4.69) is 47.9 Å². The highest BCUT2D eigenvalue weighted by Crippen LogP contribution is 2.17. The molecule has 0 spiro atoms. The molecule has 2 heterocycles. The number of nitrogens with one attached hydrogen (secondary N) is 1. The fourth-order valence-corrected chi connectivity index (χ4v) is 3.04. The lowest BCUT2D eigenvalue weighted by atomic mass is 10.1. The minimum atomic E-state index is -0.203. The van der Waals surface area contributed by atoms with Crippen molar-refractivity contribution in [2.24, 2.45) is 5.92 Å². The number of aromatic nitrogens is 2. The Morgan fingerprint density at radius 2 is 2.00 bits per heavy atom. The SMILES string of the molecule is CC[C@H](CN(CC)c1cccc(C(=O)c2cccnc2N)n1)NCCC(C)C. The van der Waals surface area contributed by atoms with E-state index in [-0.39, 0.29) is 11.6 Å². The van der Waals surface area contributed by atoms with E-state index < -0.39 is 0 Å². The summed E-state index contributed by atoms with van der Waals surface area (Å²) in [5.41, 5.74) is 6.63. The number of anilines is 2. The zero-order valence-corrected chi connectivity index (χ0v) is 17.5. The van der Waals surface area contributed by atoms with Crippen molar-refractivity contribution in [2.45, 2.75) is 46.6 Å². The highest BCUT2D eigenvalue weighted by atomic mass is 16.1. The molecule has 0 saturated carbocycles. The van der Waals surface area contributed by atoms with Gasteiger partial charge in [0, 0.05) is 25.3 Å². The van der Waals surface area contributed by atoms with Crippen LogP contribution in [0.15, 0.2) is 36.5 Å². The van der Waals surface area contributed by atoms with Crippen LogP contribution < -0.4 is 16.0 Å². The Balaban J connectivity index is 2.13. The summed E-state index contributed by atoms with van der Waals surface area (Å²) in [6.45, 7) is 11.5. The number of rotatable bonds is 11. The summed E-state index contributed by atoms with van der Waals surface area (Å²) >= 11 is 0. The lowest BCUT2D eigenvalue weighted by Gasteiger charge is -2.28. The standard InChI is InChI=1S/C22H33N5O/c1-5-17(24-14-12-16(3)4)15-27(6-2)20-11-7-10-19(26-20)21(28)18-9-8-13-25-22(18)23/h7-11,13,16-17,24H,5-6,12,14-15H2,1-4H3,(H2,23,25)/t17-/m1/s1. The van der Waals surface area contributed by atoms with Gasteiger partial charge in [0.15, 0.2) is 0 Å². The van der Waals surface area contributed by atoms with E-state index in [0.717, 1.165) is 38.3 Å². The number of carbonyl (C=O) groups excluding carboxylic acids is 1. The van der Waals surface area contributed by atoms with Crippen LogP contribution >= 0.6 is 0 Å². The predicted molar refractivity (Wildman–Crippen MR) is 116 cm³/mol. The molecular weight excluding hydrogens is 350 g/mol. The molecule has 3 N–H and O–H groups in total. The third-order valence-electron chi connectivity index (χ3n) is 4.84. The van der Waals surface area contributed by atoms with Crippen molar-refractivity contribution in [2.75, 3.05) is 30.3 Å². The largest absolute Gasteiger partial charge is 0.383 e. The molecule has 2 aromatic rings. The van der Waals surface area contributed by atoms with Gasteiger partial charge in [0.2, 0.25) is 5.78 Å². The first-order valence-corrected chi connectivity index (χ1v) is 10.2. The molecule has 0 bridgehead atoms. The Kier molecular flexibility index (Phi) is 8.39. The van der Waals surface area contributed by atoms with Crippen molar-refractivity contribution < 1.29 is 4.79 Å². The van der Waals surface area contributed by atoms with Gasteiger partial charge in [-0.3, -0.25) is 4.79 Å². The molecule has 6 nitrogen and oxygen atoms in total. The number of ketones is 1. The fraction of sp³-hybridized carbons (Fsp3) is 0.500. The molecule has 28 heavy (non-hydrogen) atoms. The maximum absolute atomic E-state index is 12.8. The van der Waals surface area contributed by atoms with Gasteiger partial charge in [-0.2, -0.15) is 0 Å². The average Bonchev–Trinajstić information content (AvgIpc) is 2.70. The van der Waals surface area contributed by atoms with Crippen molar-refractivity contribution >= 4 is 17.4 Å². The van der Waals surface area contributed by atoms with Crippen LogP contribution in [0.5, 0.6) is 0 Å². The van der Waals surface area contributed by atoms with Gasteiger partial charge in [-0.15, -0.1) is 0 Å². The van der Waals surface area contributed by atoms with Crippen molar-refractivity contribution in [1.29, 1.82) is 0 Å². The van der Waals surface area contributed by atoms with Crippen LogP contribution in [-0.2, 0) is 0 Å². The van der Waals surface area contributed by atoms with Crippen LogP contribution in [-0.4, -0.2) is 41.4 Å². The summed E-state index contributed by atoms with van der Waals surface area (Å²) in [5.74, 6) is 1.52. The predicted octanol–water partition coefficient (Wildman–Crippen LogP) is 3.53. The maximum atomic E-state index is 12.8. The Morgan fingerprint density at radius 3 is 2.64 bits per heavy atom. The van der Waals surface area contributed by atoms with E-state index in [4.69, 9.17) is 5.73 Å². The summed E-state index contributed by atoms with van der Waals surface area (Å²) in [6, 6.07) is 9.33. The average molecular weight is 384 g/mol. The van der Waals surface area contributed by atoms with E-state index in [1.807, 2.05) is 12.1 Å². The van der Waals surface area contributed by atoms with Crippen molar-refractivity contribution in [1.82, 2.24) is 15.3 Å². The molecule has 0 fully saturated rings. The maximum Gasteiger partial charge on any atom is 0.215 e. The van der Waals surface area contributed by atoms with Crippen LogP contribution in [0.2, 0.25) is 0 Å². The van der Waals surface area contributed by atoms with E-state index in [9.17, 15) is 4.79 Å². The molecule has 2 rings (SSSR count). The smallest absolute Gasteiger partial charge is 0.215 e. The zero-order chi connectivity index (χ0) is 20.5. The van der Waals surface area contributed by atoms with Crippen molar-refractivity contribution in [3.63, 3.8) is 0 Å². The molecule has 0 aliphatic heterocycles. The van der Waals surface area contributed by atoms with Crippen LogP contribution in [0.3, 0.4) is 0 Å². The van der Waals surface area contributed by atoms with Crippen LogP contribution in [0.25, 0.3) is 0 Å². The van der Waals surface area contributed by atoms with E-state index >= 15 is 0 Å². The van der Waals surface area contributed by atoms with Gasteiger partial charge in [-0.05, 0) is 56.5 Å². The van der Waals surface area contributed by atoms with Gasteiger partial charge in [-0.1, -0.05) is 26.8 Å². The van der Waals surface area contributed by atoms with Gasteiger partial charge in [0.25, 0.3) is 0 Å². The quantitative estimate of drug-likeness (QED) is 0.578. The summed E-state index contributed by atoms with van der Waals surface area (Å²) in [5, 5.41) is 3.64. The second-order valence-electron chi connectivity index (χ2n) is 7.43. The number of hydrogen-bond acceptors (Lipinski definition) is 6. The molecule has 6 heteroatoms. The first kappa shape index (κ1) is 21.8. The molecule has 0 amide bonds. The monoisotopic (exact) mass is 383 g/mol. The number of likely N-dealkylation sites (N-methyl/N-ethyl adjacent to an activating group) is 1. The minimum Gasteiger partial charge on any atom is -0.383 e. The summed E-state index contributed by atoms with van der Waals surface area (Å²) in [6.07, 6.45) is 3.78. The number of nitrogens with two attached hydrogens (primary N) is 1. The normalized spacial score (nSPS) is 12.2. The Morgan fingerprint density at radius 1 is 1.21 bits per heavy atom. The lowest BCUT2D eigenvalue weighted by Crippen LogP contribution is -2.41. The van der Waals surface area contributed by atoms with Crippen LogP contribution in [0.1, 0.15) is 56.6 Å². The molecular formula is C22H33N5O. The number of pyridine rings is 2. The second kappa shape index (κ2) is 10.8. The highest BCUT2D eigenvalue weighted by Gasteiger charge is 2.17. The zero-order valence-electron chi connectivity index (χ0n) is 17.5. The third kappa shape index (κ3) is 6.02. The third-order valence-corrected chi connectivity index (χ3v) is 4.84. The fourth-order valence-electron chi connectivity index (χ4n) is 3.04. The summed E-state index contributed by atoms with van der Waals surface area (Å²) < 4.78 is 0. The number of hydrogen-bond donors (Lipinski definition) is 2. The Hall–Kier alpha value is -2.47. The summed E-state index contributed by atoms with van der Waals surface area (Å²) in [7, 11) is 0. The Bertz CT molecular complexity index is 762. The molecule has 152 valence electrons. The molecule has 1 atom stereocenters. The summed E-state index contributed by atoms with van der Waals surface area (Å²) in [4.78, 5) is 23.6. The molecule has 0 radical (unpaired) electrons. The van der Waals surface area contributed by atoms with Gasteiger partial charge < -0.3 is 16.0 Å². The molecule has 0 unspecified atom stereocenters. The molecule has 0 aliphatic carbocycles. The second-order valence-corrected chi connectivity index (χ2v) is 7.43. The van der Waals surface area contributed by atoms with Gasteiger partial charge in [-0.25, -0.2) is 9.97 Å². The van der Waals surface area contributed by atoms with Gasteiger partial charge >= 0.3 is 0 Å². The van der Waals surface area contributed by atoms with Crippen molar-refractivity contribution in [3.8, 4) is 0 Å². The number of nitrogen functional groups attached to an aromatic ring is 1. The van der Waals surface area contributed by atoms with E-state index in [1.54, 1.807) is 24.4 Å². The van der Waals surface area contributed by atoms with E-state index in [0.29, 0.717) is 23.2 Å². The van der Waals surface area contributed by atoms with Gasteiger partial charge in [0.05, 0.1) is 5.56 Å². The Labute approximate surface area is 168 Å². The number of nitrogens with zero attached hydrogens (tertiary/aromatic N) is 3. The highest BCUT2D eigenvalue weighted by molar-refractivity contribution is 6.10. The minimum absolute atomic E-state index is 0.203.